The fourth-order valence-corrected chi connectivity index (χ4v) is 1.54. The van der Waals surface area contributed by atoms with Crippen molar-refractivity contribution >= 4 is 5.69 Å². The second-order valence-electron chi connectivity index (χ2n) is 3.63. The Kier molecular flexibility index (Phi) is 2.48. The van der Waals surface area contributed by atoms with Gasteiger partial charge in [-0.05, 0) is 12.1 Å². The van der Waals surface area contributed by atoms with Gasteiger partial charge in [0.1, 0.15) is 17.2 Å². The Hall–Kier alpha value is -1.38. The van der Waals surface area contributed by atoms with E-state index >= 15 is 0 Å². The van der Waals surface area contributed by atoms with Gasteiger partial charge in [-0.25, -0.2) is 0 Å². The highest BCUT2D eigenvalue weighted by molar-refractivity contribution is 5.66. The summed E-state index contributed by atoms with van der Waals surface area (Å²) in [5.41, 5.74) is 0.972. The highest BCUT2D eigenvalue weighted by Crippen LogP contribution is 2.35. The van der Waals surface area contributed by atoms with E-state index in [2.05, 4.69) is 12.2 Å². The molecule has 1 unspecified atom stereocenters. The molecule has 14 heavy (non-hydrogen) atoms. The van der Waals surface area contributed by atoms with E-state index in [0.29, 0.717) is 5.92 Å². The number of methoxy groups -OCH3 is 1. The lowest BCUT2D eigenvalue weighted by atomic mass is 10.2. The molecule has 1 aromatic rings. The summed E-state index contributed by atoms with van der Waals surface area (Å²) in [5.74, 6) is 2.25. The zero-order chi connectivity index (χ0) is 9.97. The van der Waals surface area contributed by atoms with Crippen molar-refractivity contribution in [1.82, 2.24) is 0 Å². The number of hydrogen-bond donors (Lipinski definition) is 1. The van der Waals surface area contributed by atoms with Crippen LogP contribution in [0.15, 0.2) is 18.2 Å². The SMILES string of the molecule is COc1cccc2c1NCC(C)CO2. The summed E-state index contributed by atoms with van der Waals surface area (Å²) < 4.78 is 10.9. The zero-order valence-electron chi connectivity index (χ0n) is 8.54. The molecule has 0 aliphatic carbocycles. The second-order valence-corrected chi connectivity index (χ2v) is 3.63. The summed E-state index contributed by atoms with van der Waals surface area (Å²) >= 11 is 0. The molecule has 0 fully saturated rings. The molecular weight excluding hydrogens is 178 g/mol. The van der Waals surface area contributed by atoms with Gasteiger partial charge in [0.25, 0.3) is 0 Å². The monoisotopic (exact) mass is 193 g/mol. The number of rotatable bonds is 1. The molecule has 1 N–H and O–H groups in total. The number of hydrogen-bond acceptors (Lipinski definition) is 3. The Balaban J connectivity index is 2.35. The molecule has 0 saturated carbocycles. The molecule has 2 rings (SSSR count). The fraction of sp³-hybridized carbons (Fsp3) is 0.455. The molecule has 1 heterocycles. The van der Waals surface area contributed by atoms with Crippen molar-refractivity contribution in [2.75, 3.05) is 25.6 Å². The molecule has 0 spiro atoms. The van der Waals surface area contributed by atoms with Crippen molar-refractivity contribution in [2.24, 2.45) is 5.92 Å². The number of para-hydroxylation sites is 1. The zero-order valence-corrected chi connectivity index (χ0v) is 8.54. The number of fused-ring (bicyclic) bond motifs is 1. The Bertz CT molecular complexity index is 325. The topological polar surface area (TPSA) is 30.5 Å². The van der Waals surface area contributed by atoms with Crippen LogP contribution in [0.4, 0.5) is 5.69 Å². The van der Waals surface area contributed by atoms with Crippen LogP contribution in [0.3, 0.4) is 0 Å². The molecule has 3 heteroatoms. The van der Waals surface area contributed by atoms with E-state index in [-0.39, 0.29) is 0 Å². The highest BCUT2D eigenvalue weighted by Gasteiger charge is 2.15. The Morgan fingerprint density at radius 1 is 1.50 bits per heavy atom. The van der Waals surface area contributed by atoms with Gasteiger partial charge in [0.15, 0.2) is 0 Å². The predicted octanol–water partition coefficient (Wildman–Crippen LogP) is 2.14. The van der Waals surface area contributed by atoms with Crippen LogP contribution in [0.25, 0.3) is 0 Å². The average Bonchev–Trinajstić information content (AvgIpc) is 2.41. The smallest absolute Gasteiger partial charge is 0.146 e. The van der Waals surface area contributed by atoms with Crippen molar-refractivity contribution < 1.29 is 9.47 Å². The third kappa shape index (κ3) is 1.62. The van der Waals surface area contributed by atoms with E-state index in [1.165, 1.54) is 0 Å². The third-order valence-electron chi connectivity index (χ3n) is 2.36. The summed E-state index contributed by atoms with van der Waals surface area (Å²) in [5, 5.41) is 3.34. The first-order valence-electron chi connectivity index (χ1n) is 4.85. The number of ether oxygens (including phenoxy) is 2. The Labute approximate surface area is 84.0 Å². The van der Waals surface area contributed by atoms with E-state index in [9.17, 15) is 0 Å². The lowest BCUT2D eigenvalue weighted by molar-refractivity contribution is 0.275. The number of benzene rings is 1. The van der Waals surface area contributed by atoms with Gasteiger partial charge < -0.3 is 14.8 Å². The van der Waals surface area contributed by atoms with Crippen LogP contribution < -0.4 is 14.8 Å². The minimum atomic E-state index is 0.520. The summed E-state index contributed by atoms with van der Waals surface area (Å²) in [6, 6.07) is 5.84. The molecule has 3 nitrogen and oxygen atoms in total. The van der Waals surface area contributed by atoms with Gasteiger partial charge in [0, 0.05) is 12.5 Å². The minimum Gasteiger partial charge on any atom is -0.494 e. The quantitative estimate of drug-likeness (QED) is 0.741. The molecule has 1 aromatic carbocycles. The van der Waals surface area contributed by atoms with E-state index in [1.807, 2.05) is 18.2 Å². The molecule has 0 saturated heterocycles. The van der Waals surface area contributed by atoms with Crippen LogP contribution >= 0.6 is 0 Å². The van der Waals surface area contributed by atoms with E-state index < -0.39 is 0 Å². The van der Waals surface area contributed by atoms with E-state index in [0.717, 1.165) is 30.3 Å². The lowest BCUT2D eigenvalue weighted by Crippen LogP contribution is -2.13. The van der Waals surface area contributed by atoms with Crippen molar-refractivity contribution in [3.05, 3.63) is 18.2 Å². The van der Waals surface area contributed by atoms with Gasteiger partial charge in [-0.2, -0.15) is 0 Å². The largest absolute Gasteiger partial charge is 0.494 e. The van der Waals surface area contributed by atoms with Crippen LogP contribution in [0.5, 0.6) is 11.5 Å². The van der Waals surface area contributed by atoms with Crippen LogP contribution in [0.2, 0.25) is 0 Å². The van der Waals surface area contributed by atoms with Crippen molar-refractivity contribution in [3.63, 3.8) is 0 Å². The molecular formula is C11H15NO2. The van der Waals surface area contributed by atoms with Gasteiger partial charge in [-0.1, -0.05) is 13.0 Å². The summed E-state index contributed by atoms with van der Waals surface area (Å²) in [4.78, 5) is 0. The summed E-state index contributed by atoms with van der Waals surface area (Å²) in [6.07, 6.45) is 0. The number of anilines is 1. The number of nitrogens with one attached hydrogen (secondary N) is 1. The highest BCUT2D eigenvalue weighted by atomic mass is 16.5. The van der Waals surface area contributed by atoms with E-state index in [1.54, 1.807) is 7.11 Å². The Morgan fingerprint density at radius 3 is 3.14 bits per heavy atom. The third-order valence-corrected chi connectivity index (χ3v) is 2.36. The fourth-order valence-electron chi connectivity index (χ4n) is 1.54. The van der Waals surface area contributed by atoms with Gasteiger partial charge in [0.2, 0.25) is 0 Å². The van der Waals surface area contributed by atoms with Crippen molar-refractivity contribution in [2.45, 2.75) is 6.92 Å². The van der Waals surface area contributed by atoms with Crippen LogP contribution in [-0.2, 0) is 0 Å². The first-order valence-corrected chi connectivity index (χ1v) is 4.85. The molecule has 1 aliphatic heterocycles. The minimum absolute atomic E-state index is 0.520. The second kappa shape index (κ2) is 3.78. The Morgan fingerprint density at radius 2 is 2.36 bits per heavy atom. The van der Waals surface area contributed by atoms with E-state index in [4.69, 9.17) is 9.47 Å². The maximum absolute atomic E-state index is 5.66. The first kappa shape index (κ1) is 9.19. The molecule has 76 valence electrons. The molecule has 0 bridgehead atoms. The van der Waals surface area contributed by atoms with Gasteiger partial charge in [-0.3, -0.25) is 0 Å². The predicted molar refractivity (Wildman–Crippen MR) is 56.1 cm³/mol. The van der Waals surface area contributed by atoms with Crippen LogP contribution in [0, 0.1) is 5.92 Å². The molecule has 1 atom stereocenters. The standard InChI is InChI=1S/C11H15NO2/c1-8-6-12-11-9(13-2)4-3-5-10(11)14-7-8/h3-5,8,12H,6-7H2,1-2H3. The normalized spacial score (nSPS) is 20.0. The van der Waals surface area contributed by atoms with Gasteiger partial charge in [0.05, 0.1) is 13.7 Å². The maximum atomic E-state index is 5.66. The average molecular weight is 193 g/mol. The van der Waals surface area contributed by atoms with Crippen molar-refractivity contribution in [1.29, 1.82) is 0 Å². The maximum Gasteiger partial charge on any atom is 0.146 e. The summed E-state index contributed by atoms with van der Waals surface area (Å²) in [6.45, 7) is 3.84. The first-order chi connectivity index (χ1) is 6.81. The van der Waals surface area contributed by atoms with Gasteiger partial charge in [-0.15, -0.1) is 0 Å². The lowest BCUT2D eigenvalue weighted by Gasteiger charge is -2.11. The molecule has 0 radical (unpaired) electrons. The molecule has 0 aromatic heterocycles. The van der Waals surface area contributed by atoms with Crippen molar-refractivity contribution in [3.8, 4) is 11.5 Å². The summed E-state index contributed by atoms with van der Waals surface area (Å²) in [7, 11) is 1.67. The van der Waals surface area contributed by atoms with Crippen LogP contribution in [0.1, 0.15) is 6.92 Å². The van der Waals surface area contributed by atoms with Crippen LogP contribution in [-0.4, -0.2) is 20.3 Å². The molecule has 1 aliphatic rings. The molecule has 0 amide bonds. The van der Waals surface area contributed by atoms with Gasteiger partial charge >= 0.3 is 0 Å².